The van der Waals surface area contributed by atoms with E-state index in [-0.39, 0.29) is 17.0 Å². The number of amides is 1. The number of carbonyl (C=O) groups is 1. The summed E-state index contributed by atoms with van der Waals surface area (Å²) in [6.07, 6.45) is 0.856. The molecule has 0 aliphatic carbocycles. The Kier molecular flexibility index (Phi) is 6.72. The van der Waals surface area contributed by atoms with Crippen LogP contribution < -0.4 is 5.43 Å². The van der Waals surface area contributed by atoms with Crippen molar-refractivity contribution in [1.29, 1.82) is 0 Å². The number of carbonyl (C=O) groups excluding carboxylic acids is 1. The number of rotatable bonds is 4. The van der Waals surface area contributed by atoms with Crippen molar-refractivity contribution in [1.82, 2.24) is 19.6 Å². The van der Waals surface area contributed by atoms with Gasteiger partial charge < -0.3 is 4.90 Å². The van der Waals surface area contributed by atoms with E-state index in [9.17, 15) is 9.59 Å². The molecule has 1 amide bonds. The van der Waals surface area contributed by atoms with Crippen molar-refractivity contribution in [2.45, 2.75) is 26.8 Å². The molecule has 32 heavy (non-hydrogen) atoms. The van der Waals surface area contributed by atoms with Crippen molar-refractivity contribution in [2.75, 3.05) is 26.2 Å². The van der Waals surface area contributed by atoms with Gasteiger partial charge in [-0.25, -0.2) is 4.68 Å². The first-order valence-electron chi connectivity index (χ1n) is 10.8. The SMILES string of the molecule is Cc1ccc(CN2CCCN(C(=O)c3nn(-c4ccc(Cl)cc4)c(C)cc3=O)CC2)cc1. The molecule has 3 aromatic rings. The van der Waals surface area contributed by atoms with E-state index in [2.05, 4.69) is 41.2 Å². The first kappa shape index (κ1) is 22.2. The van der Waals surface area contributed by atoms with Gasteiger partial charge in [-0.1, -0.05) is 41.4 Å². The number of benzene rings is 2. The fourth-order valence-corrected chi connectivity index (χ4v) is 4.10. The molecular formula is C25H27ClN4O2. The van der Waals surface area contributed by atoms with Gasteiger partial charge in [-0.05, 0) is 50.1 Å². The average Bonchev–Trinajstić information content (AvgIpc) is 3.01. The minimum Gasteiger partial charge on any atom is -0.336 e. The lowest BCUT2D eigenvalue weighted by molar-refractivity contribution is 0.0751. The van der Waals surface area contributed by atoms with Crippen LogP contribution in [0.25, 0.3) is 5.69 Å². The van der Waals surface area contributed by atoms with Crippen molar-refractivity contribution in [3.63, 3.8) is 0 Å². The lowest BCUT2D eigenvalue weighted by atomic mass is 10.1. The van der Waals surface area contributed by atoms with Crippen LogP contribution in [0.2, 0.25) is 5.02 Å². The smallest absolute Gasteiger partial charge is 0.278 e. The summed E-state index contributed by atoms with van der Waals surface area (Å²) in [7, 11) is 0. The highest BCUT2D eigenvalue weighted by Gasteiger charge is 2.24. The van der Waals surface area contributed by atoms with Crippen LogP contribution >= 0.6 is 11.6 Å². The summed E-state index contributed by atoms with van der Waals surface area (Å²) in [6, 6.07) is 17.2. The predicted molar refractivity (Wildman–Crippen MR) is 127 cm³/mol. The van der Waals surface area contributed by atoms with Crippen LogP contribution in [0.4, 0.5) is 0 Å². The van der Waals surface area contributed by atoms with Crippen molar-refractivity contribution < 1.29 is 4.79 Å². The Labute approximate surface area is 193 Å². The Morgan fingerprint density at radius 1 is 0.969 bits per heavy atom. The summed E-state index contributed by atoms with van der Waals surface area (Å²) >= 11 is 5.99. The molecule has 1 aliphatic rings. The fraction of sp³-hybridized carbons (Fsp3) is 0.320. The summed E-state index contributed by atoms with van der Waals surface area (Å²) in [5, 5.41) is 5.04. The number of nitrogens with zero attached hydrogens (tertiary/aromatic N) is 4. The second-order valence-electron chi connectivity index (χ2n) is 8.29. The van der Waals surface area contributed by atoms with Gasteiger partial charge in [-0.3, -0.25) is 14.5 Å². The Balaban J connectivity index is 1.50. The predicted octanol–water partition coefficient (Wildman–Crippen LogP) is 3.85. The number of hydrogen-bond donors (Lipinski definition) is 0. The Hall–Kier alpha value is -2.96. The van der Waals surface area contributed by atoms with Crippen molar-refractivity contribution >= 4 is 17.5 Å². The minimum absolute atomic E-state index is 0.0439. The highest BCUT2D eigenvalue weighted by molar-refractivity contribution is 6.30. The van der Waals surface area contributed by atoms with Gasteiger partial charge in [-0.15, -0.1) is 0 Å². The lowest BCUT2D eigenvalue weighted by Gasteiger charge is -2.22. The minimum atomic E-state index is -0.349. The van der Waals surface area contributed by atoms with Gasteiger partial charge in [0, 0.05) is 49.5 Å². The average molecular weight is 451 g/mol. The molecule has 4 rings (SSSR count). The topological polar surface area (TPSA) is 58.4 Å². The summed E-state index contributed by atoms with van der Waals surface area (Å²) in [4.78, 5) is 30.0. The van der Waals surface area contributed by atoms with E-state index < -0.39 is 0 Å². The second kappa shape index (κ2) is 9.67. The summed E-state index contributed by atoms with van der Waals surface area (Å²) < 4.78 is 1.62. The van der Waals surface area contributed by atoms with Gasteiger partial charge in [0.05, 0.1) is 5.69 Å². The molecule has 1 aromatic heterocycles. The molecule has 1 fully saturated rings. The van der Waals surface area contributed by atoms with Crippen LogP contribution in [0, 0.1) is 13.8 Å². The zero-order chi connectivity index (χ0) is 22.7. The van der Waals surface area contributed by atoms with E-state index >= 15 is 0 Å². The second-order valence-corrected chi connectivity index (χ2v) is 8.73. The normalized spacial score (nSPS) is 14.9. The molecule has 0 unspecified atom stereocenters. The highest BCUT2D eigenvalue weighted by Crippen LogP contribution is 2.15. The highest BCUT2D eigenvalue weighted by atomic mass is 35.5. The Morgan fingerprint density at radius 3 is 2.41 bits per heavy atom. The molecule has 0 spiro atoms. The third-order valence-corrected chi connectivity index (χ3v) is 6.04. The first-order chi connectivity index (χ1) is 15.4. The van der Waals surface area contributed by atoms with E-state index in [1.165, 1.54) is 17.2 Å². The summed E-state index contributed by atoms with van der Waals surface area (Å²) in [5.74, 6) is -0.310. The lowest BCUT2D eigenvalue weighted by Crippen LogP contribution is -2.38. The van der Waals surface area contributed by atoms with Gasteiger partial charge in [0.1, 0.15) is 0 Å². The quantitative estimate of drug-likeness (QED) is 0.605. The summed E-state index contributed by atoms with van der Waals surface area (Å²) in [5.41, 5.74) is 3.53. The maximum absolute atomic E-state index is 13.2. The van der Waals surface area contributed by atoms with Crippen molar-refractivity contribution in [3.8, 4) is 5.69 Å². The zero-order valence-corrected chi connectivity index (χ0v) is 19.2. The van der Waals surface area contributed by atoms with Crippen LogP contribution in [0.15, 0.2) is 59.4 Å². The molecular weight excluding hydrogens is 424 g/mol. The molecule has 6 nitrogen and oxygen atoms in total. The third kappa shape index (κ3) is 5.09. The number of halogens is 1. The number of aromatic nitrogens is 2. The van der Waals surface area contributed by atoms with E-state index in [1.807, 2.05) is 12.1 Å². The molecule has 2 aromatic carbocycles. The van der Waals surface area contributed by atoms with Crippen LogP contribution in [0.1, 0.15) is 33.7 Å². The molecule has 0 saturated carbocycles. The number of aryl methyl sites for hydroxylation is 2. The molecule has 0 N–H and O–H groups in total. The molecule has 7 heteroatoms. The largest absolute Gasteiger partial charge is 0.336 e. The van der Waals surface area contributed by atoms with Crippen LogP contribution in [0.5, 0.6) is 0 Å². The van der Waals surface area contributed by atoms with Gasteiger partial charge in [0.15, 0.2) is 5.69 Å². The van der Waals surface area contributed by atoms with Crippen LogP contribution in [-0.2, 0) is 6.54 Å². The van der Waals surface area contributed by atoms with E-state index in [1.54, 1.807) is 28.6 Å². The maximum atomic E-state index is 13.2. The summed E-state index contributed by atoms with van der Waals surface area (Å²) in [6.45, 7) is 7.59. The van der Waals surface area contributed by atoms with Gasteiger partial charge in [0.25, 0.3) is 5.91 Å². The van der Waals surface area contributed by atoms with E-state index in [0.717, 1.165) is 31.7 Å². The van der Waals surface area contributed by atoms with E-state index in [0.29, 0.717) is 23.8 Å². The standard InChI is InChI=1S/C25H27ClN4O2/c1-18-4-6-20(7-5-18)17-28-12-3-13-29(15-14-28)25(32)24-23(31)16-19(2)30(27-24)22-10-8-21(26)9-11-22/h4-11,16H,3,12-15,17H2,1-2H3. The molecule has 2 heterocycles. The number of hydrogen-bond acceptors (Lipinski definition) is 4. The zero-order valence-electron chi connectivity index (χ0n) is 18.4. The molecule has 0 bridgehead atoms. The van der Waals surface area contributed by atoms with Gasteiger partial charge >= 0.3 is 0 Å². The van der Waals surface area contributed by atoms with Gasteiger partial charge in [-0.2, -0.15) is 5.10 Å². The molecule has 0 radical (unpaired) electrons. The maximum Gasteiger partial charge on any atom is 0.278 e. The first-order valence-corrected chi connectivity index (χ1v) is 11.2. The van der Waals surface area contributed by atoms with Crippen molar-refractivity contribution in [3.05, 3.63) is 92.4 Å². The molecule has 1 saturated heterocycles. The molecule has 0 atom stereocenters. The monoisotopic (exact) mass is 450 g/mol. The third-order valence-electron chi connectivity index (χ3n) is 5.78. The van der Waals surface area contributed by atoms with Crippen LogP contribution in [-0.4, -0.2) is 51.7 Å². The van der Waals surface area contributed by atoms with Crippen LogP contribution in [0.3, 0.4) is 0 Å². The van der Waals surface area contributed by atoms with E-state index in [4.69, 9.17) is 11.6 Å². The molecule has 166 valence electrons. The van der Waals surface area contributed by atoms with Crippen molar-refractivity contribution in [2.24, 2.45) is 0 Å². The van der Waals surface area contributed by atoms with Gasteiger partial charge in [0.2, 0.25) is 5.43 Å². The Bertz CT molecular complexity index is 1160. The molecule has 1 aliphatic heterocycles. The fourth-order valence-electron chi connectivity index (χ4n) is 3.97. The Morgan fingerprint density at radius 2 is 1.69 bits per heavy atom.